The van der Waals surface area contributed by atoms with Crippen molar-refractivity contribution in [1.29, 1.82) is 0 Å². The Morgan fingerprint density at radius 2 is 1.70 bits per heavy atom. The van der Waals surface area contributed by atoms with E-state index in [1.54, 1.807) is 13.8 Å². The number of carbonyl (C=O) groups is 1. The summed E-state index contributed by atoms with van der Waals surface area (Å²) in [7, 11) is -3.26. The van der Waals surface area contributed by atoms with Crippen molar-refractivity contribution in [3.63, 3.8) is 0 Å². The van der Waals surface area contributed by atoms with Gasteiger partial charge in [-0.2, -0.15) is 0 Å². The lowest BCUT2D eigenvalue weighted by atomic mass is 9.86. The van der Waals surface area contributed by atoms with Crippen LogP contribution in [0.4, 0.5) is 5.69 Å². The molecular formula is C20H30N2O4S. The quantitative estimate of drug-likeness (QED) is 0.708. The Balaban J connectivity index is 1.43. The first-order valence-corrected chi connectivity index (χ1v) is 11.4. The van der Waals surface area contributed by atoms with E-state index in [0.717, 1.165) is 18.0 Å². The van der Waals surface area contributed by atoms with Gasteiger partial charge in [0.05, 0.1) is 11.9 Å². The highest BCUT2D eigenvalue weighted by Gasteiger charge is 2.29. The van der Waals surface area contributed by atoms with Crippen molar-refractivity contribution in [2.24, 2.45) is 11.8 Å². The zero-order valence-corrected chi connectivity index (χ0v) is 16.9. The third-order valence-electron chi connectivity index (χ3n) is 5.35. The Kier molecular flexibility index (Phi) is 6.42. The standard InChI is InChI=1S/C20H30N2O4S/c1-14(2)27(24,25)22-18-7-5-16(6-8-18)20(23)21-17-9-11-19(12-10-17)26-13-15-3-4-15/h9-12,14-16,18,22H,3-8,13H2,1-2H3,(H,21,23)/t16-,18-. The van der Waals surface area contributed by atoms with Crippen LogP contribution < -0.4 is 14.8 Å². The largest absolute Gasteiger partial charge is 0.493 e. The molecule has 0 aliphatic heterocycles. The smallest absolute Gasteiger partial charge is 0.227 e. The van der Waals surface area contributed by atoms with Crippen LogP contribution in [0.5, 0.6) is 5.75 Å². The first-order chi connectivity index (χ1) is 12.8. The second-order valence-corrected chi connectivity index (χ2v) is 10.3. The lowest BCUT2D eigenvalue weighted by molar-refractivity contribution is -0.120. The summed E-state index contributed by atoms with van der Waals surface area (Å²) in [4.78, 5) is 12.5. The maximum atomic E-state index is 12.5. The fraction of sp³-hybridized carbons (Fsp3) is 0.650. The molecule has 2 saturated carbocycles. The Labute approximate surface area is 162 Å². The third-order valence-corrected chi connectivity index (χ3v) is 7.26. The summed E-state index contributed by atoms with van der Waals surface area (Å²) in [6.07, 6.45) is 5.29. The van der Waals surface area contributed by atoms with E-state index < -0.39 is 15.3 Å². The Hall–Kier alpha value is -1.60. The Morgan fingerprint density at radius 3 is 2.26 bits per heavy atom. The van der Waals surface area contributed by atoms with Crippen molar-refractivity contribution in [3.8, 4) is 5.75 Å². The number of anilines is 1. The lowest BCUT2D eigenvalue weighted by Crippen LogP contribution is -2.42. The molecule has 0 saturated heterocycles. The highest BCUT2D eigenvalue weighted by molar-refractivity contribution is 7.90. The summed E-state index contributed by atoms with van der Waals surface area (Å²) < 4.78 is 32.4. The van der Waals surface area contributed by atoms with Crippen LogP contribution in [0, 0.1) is 11.8 Å². The van der Waals surface area contributed by atoms with Crippen LogP contribution in [0.1, 0.15) is 52.4 Å². The SMILES string of the molecule is CC(C)S(=O)(=O)N[C@H]1CC[C@H](C(=O)Nc2ccc(OCC3CC3)cc2)CC1. The monoisotopic (exact) mass is 394 g/mol. The van der Waals surface area contributed by atoms with Gasteiger partial charge in [-0.15, -0.1) is 0 Å². The minimum absolute atomic E-state index is 0.00631. The average Bonchev–Trinajstić information content (AvgIpc) is 3.46. The summed E-state index contributed by atoms with van der Waals surface area (Å²) in [6.45, 7) is 4.11. The maximum Gasteiger partial charge on any atom is 0.227 e. The molecule has 0 unspecified atom stereocenters. The van der Waals surface area contributed by atoms with Crippen LogP contribution >= 0.6 is 0 Å². The van der Waals surface area contributed by atoms with Gasteiger partial charge in [0, 0.05) is 17.6 Å². The summed E-state index contributed by atoms with van der Waals surface area (Å²) in [5, 5.41) is 2.53. The number of nitrogens with one attached hydrogen (secondary N) is 2. The fourth-order valence-corrected chi connectivity index (χ4v) is 4.19. The molecule has 27 heavy (non-hydrogen) atoms. The van der Waals surface area contributed by atoms with E-state index in [9.17, 15) is 13.2 Å². The van der Waals surface area contributed by atoms with Gasteiger partial charge in [-0.1, -0.05) is 0 Å². The van der Waals surface area contributed by atoms with Crippen LogP contribution in [0.2, 0.25) is 0 Å². The van der Waals surface area contributed by atoms with Gasteiger partial charge in [0.15, 0.2) is 0 Å². The lowest BCUT2D eigenvalue weighted by Gasteiger charge is -2.28. The second kappa shape index (κ2) is 8.61. The van der Waals surface area contributed by atoms with E-state index in [0.29, 0.717) is 31.6 Å². The van der Waals surface area contributed by atoms with Crippen molar-refractivity contribution in [2.75, 3.05) is 11.9 Å². The van der Waals surface area contributed by atoms with Gasteiger partial charge in [0.1, 0.15) is 5.75 Å². The number of sulfonamides is 1. The molecule has 2 aliphatic carbocycles. The topological polar surface area (TPSA) is 84.5 Å². The van der Waals surface area contributed by atoms with E-state index in [4.69, 9.17) is 4.74 Å². The average molecular weight is 395 g/mol. The summed E-state index contributed by atoms with van der Waals surface area (Å²) in [5.74, 6) is 1.48. The molecule has 6 nitrogen and oxygen atoms in total. The Bertz CT molecular complexity index is 734. The number of rotatable bonds is 8. The molecule has 0 aromatic heterocycles. The first kappa shape index (κ1) is 20.1. The van der Waals surface area contributed by atoms with Crippen LogP contribution in [0.25, 0.3) is 0 Å². The van der Waals surface area contributed by atoms with E-state index in [-0.39, 0.29) is 17.9 Å². The molecule has 150 valence electrons. The van der Waals surface area contributed by atoms with E-state index >= 15 is 0 Å². The van der Waals surface area contributed by atoms with Gasteiger partial charge in [0.25, 0.3) is 0 Å². The van der Waals surface area contributed by atoms with Crippen LogP contribution in [0.3, 0.4) is 0 Å². The van der Waals surface area contributed by atoms with Crippen LogP contribution in [0.15, 0.2) is 24.3 Å². The van der Waals surface area contributed by atoms with Crippen LogP contribution in [-0.2, 0) is 14.8 Å². The highest BCUT2D eigenvalue weighted by atomic mass is 32.2. The molecule has 1 aromatic carbocycles. The molecule has 1 aromatic rings. The number of hydrogen-bond acceptors (Lipinski definition) is 4. The molecule has 2 fully saturated rings. The first-order valence-electron chi connectivity index (χ1n) is 9.88. The zero-order chi connectivity index (χ0) is 19.4. The van der Waals surface area contributed by atoms with Gasteiger partial charge in [0.2, 0.25) is 15.9 Å². The fourth-order valence-electron chi connectivity index (χ4n) is 3.22. The third kappa shape index (κ3) is 5.94. The van der Waals surface area contributed by atoms with Crippen molar-refractivity contribution in [2.45, 2.75) is 63.7 Å². The molecule has 7 heteroatoms. The van der Waals surface area contributed by atoms with Crippen molar-refractivity contribution >= 4 is 21.6 Å². The van der Waals surface area contributed by atoms with Gasteiger partial charge in [-0.25, -0.2) is 13.1 Å². The molecule has 0 radical (unpaired) electrons. The molecule has 0 spiro atoms. The summed E-state index contributed by atoms with van der Waals surface area (Å²) in [6, 6.07) is 7.43. The highest BCUT2D eigenvalue weighted by Crippen LogP contribution is 2.30. The molecule has 0 heterocycles. The molecule has 0 atom stereocenters. The van der Waals surface area contributed by atoms with Gasteiger partial charge >= 0.3 is 0 Å². The maximum absolute atomic E-state index is 12.5. The van der Waals surface area contributed by atoms with Crippen molar-refractivity contribution in [3.05, 3.63) is 24.3 Å². The minimum Gasteiger partial charge on any atom is -0.493 e. The van der Waals surface area contributed by atoms with E-state index in [2.05, 4.69) is 10.0 Å². The normalized spacial score (nSPS) is 23.2. The van der Waals surface area contributed by atoms with E-state index in [1.807, 2.05) is 24.3 Å². The Morgan fingerprint density at radius 1 is 1.07 bits per heavy atom. The summed E-state index contributed by atoms with van der Waals surface area (Å²) in [5.41, 5.74) is 0.765. The van der Waals surface area contributed by atoms with Crippen LogP contribution in [-0.4, -0.2) is 32.2 Å². The predicted octanol–water partition coefficient (Wildman–Crippen LogP) is 3.30. The van der Waals surface area contributed by atoms with E-state index in [1.165, 1.54) is 12.8 Å². The molecule has 3 rings (SSSR count). The summed E-state index contributed by atoms with van der Waals surface area (Å²) >= 11 is 0. The number of carbonyl (C=O) groups excluding carboxylic acids is 1. The molecule has 2 N–H and O–H groups in total. The minimum atomic E-state index is -3.26. The second-order valence-electron chi connectivity index (χ2n) is 8.03. The predicted molar refractivity (Wildman–Crippen MR) is 106 cm³/mol. The molecular weight excluding hydrogens is 364 g/mol. The van der Waals surface area contributed by atoms with Crippen molar-refractivity contribution in [1.82, 2.24) is 4.72 Å². The molecule has 0 bridgehead atoms. The molecule has 1 amide bonds. The van der Waals surface area contributed by atoms with Crippen molar-refractivity contribution < 1.29 is 17.9 Å². The van der Waals surface area contributed by atoms with Gasteiger partial charge in [-0.05, 0) is 82.6 Å². The number of ether oxygens (including phenoxy) is 1. The number of benzene rings is 1. The van der Waals surface area contributed by atoms with Gasteiger partial charge < -0.3 is 10.1 Å². The number of hydrogen-bond donors (Lipinski definition) is 2. The number of amides is 1. The zero-order valence-electron chi connectivity index (χ0n) is 16.1. The van der Waals surface area contributed by atoms with Gasteiger partial charge in [-0.3, -0.25) is 4.79 Å². The molecule has 2 aliphatic rings.